The first-order valence-corrected chi connectivity index (χ1v) is 21.2. The molecule has 0 aliphatic carbocycles. The Balaban J connectivity index is 1.12. The van der Waals surface area contributed by atoms with Gasteiger partial charge in [-0.05, 0) is 180 Å². The zero-order chi connectivity index (χ0) is 42.8. The molecule has 0 aromatic heterocycles. The standard InChI is InChI=1S/C58H60N2/c1-37-28-41(5)55(42(6)29-37)59(56-43(7)30-38(2)31-44(56)8)53-24-20-49(21-25-53)16-18-51-14-13-15-52(36-51)19-17-50-22-26-54(27-23-50)60(57-45(9)32-39(3)33-46(57)10)58-47(11)34-40(4)35-48(58)12/h13-36H,1-12H3. The molecule has 302 valence electrons. The van der Waals surface area contributed by atoms with E-state index in [0.29, 0.717) is 0 Å². The largest absolute Gasteiger partial charge is 0.309 e. The monoisotopic (exact) mass is 784 g/mol. The predicted molar refractivity (Wildman–Crippen MR) is 263 cm³/mol. The Kier molecular flexibility index (Phi) is 12.2. The second-order valence-electron chi connectivity index (χ2n) is 17.2. The number of anilines is 6. The van der Waals surface area contributed by atoms with Crippen LogP contribution in [0.5, 0.6) is 0 Å². The van der Waals surface area contributed by atoms with E-state index in [4.69, 9.17) is 0 Å². The van der Waals surface area contributed by atoms with E-state index in [0.717, 1.165) is 22.5 Å². The minimum Gasteiger partial charge on any atom is -0.309 e. The van der Waals surface area contributed by atoms with E-state index in [-0.39, 0.29) is 0 Å². The summed E-state index contributed by atoms with van der Waals surface area (Å²) in [6.07, 6.45) is 8.84. The van der Waals surface area contributed by atoms with Gasteiger partial charge in [0.25, 0.3) is 0 Å². The van der Waals surface area contributed by atoms with Crippen LogP contribution in [0.3, 0.4) is 0 Å². The third-order valence-corrected chi connectivity index (χ3v) is 11.6. The zero-order valence-corrected chi connectivity index (χ0v) is 37.8. The molecule has 0 amide bonds. The number of benzene rings is 7. The molecule has 60 heavy (non-hydrogen) atoms. The number of aryl methyl sites for hydroxylation is 12. The van der Waals surface area contributed by atoms with E-state index in [1.165, 1.54) is 101 Å². The van der Waals surface area contributed by atoms with Crippen LogP contribution in [0.1, 0.15) is 89.0 Å². The molecule has 2 heteroatoms. The highest BCUT2D eigenvalue weighted by Gasteiger charge is 2.22. The first-order valence-electron chi connectivity index (χ1n) is 21.2. The molecule has 0 unspecified atom stereocenters. The highest BCUT2D eigenvalue weighted by Crippen LogP contribution is 2.44. The van der Waals surface area contributed by atoms with E-state index >= 15 is 0 Å². The molecule has 0 aliphatic heterocycles. The summed E-state index contributed by atoms with van der Waals surface area (Å²) in [6.45, 7) is 26.6. The molecule has 0 saturated heterocycles. The van der Waals surface area contributed by atoms with Crippen molar-refractivity contribution in [1.29, 1.82) is 0 Å². The summed E-state index contributed by atoms with van der Waals surface area (Å²) >= 11 is 0. The van der Waals surface area contributed by atoms with Crippen molar-refractivity contribution in [1.82, 2.24) is 0 Å². The maximum absolute atomic E-state index is 2.46. The van der Waals surface area contributed by atoms with E-state index in [1.807, 2.05) is 0 Å². The Labute approximate surface area is 360 Å². The molecule has 7 aromatic rings. The Morgan fingerprint density at radius 2 is 0.500 bits per heavy atom. The van der Waals surface area contributed by atoms with Crippen LogP contribution in [-0.4, -0.2) is 0 Å². The van der Waals surface area contributed by atoms with Crippen molar-refractivity contribution < 1.29 is 0 Å². The number of hydrogen-bond donors (Lipinski definition) is 0. The average Bonchev–Trinajstić information content (AvgIpc) is 3.17. The van der Waals surface area contributed by atoms with E-state index in [1.54, 1.807) is 0 Å². The summed E-state index contributed by atoms with van der Waals surface area (Å²) in [5.74, 6) is 0. The zero-order valence-electron chi connectivity index (χ0n) is 37.8. The molecular formula is C58H60N2. The van der Waals surface area contributed by atoms with E-state index in [2.05, 4.69) is 239 Å². The lowest BCUT2D eigenvalue weighted by Crippen LogP contribution is -2.15. The van der Waals surface area contributed by atoms with Crippen LogP contribution in [0, 0.1) is 83.1 Å². The minimum absolute atomic E-state index is 1.16. The van der Waals surface area contributed by atoms with Crippen molar-refractivity contribution in [2.45, 2.75) is 83.1 Å². The van der Waals surface area contributed by atoms with Crippen molar-refractivity contribution in [3.05, 3.63) is 210 Å². The molecule has 0 spiro atoms. The fourth-order valence-corrected chi connectivity index (χ4v) is 9.46. The van der Waals surface area contributed by atoms with Gasteiger partial charge in [-0.3, -0.25) is 0 Å². The smallest absolute Gasteiger partial charge is 0.0520 e. The lowest BCUT2D eigenvalue weighted by Gasteiger charge is -2.32. The van der Waals surface area contributed by atoms with Gasteiger partial charge in [0.2, 0.25) is 0 Å². The van der Waals surface area contributed by atoms with Gasteiger partial charge in [-0.25, -0.2) is 0 Å². The Hall–Kier alpha value is -6.38. The van der Waals surface area contributed by atoms with E-state index in [9.17, 15) is 0 Å². The lowest BCUT2D eigenvalue weighted by atomic mass is 9.98. The van der Waals surface area contributed by atoms with Gasteiger partial charge in [0.15, 0.2) is 0 Å². The molecule has 0 atom stereocenters. The Morgan fingerprint density at radius 1 is 0.267 bits per heavy atom. The molecular weight excluding hydrogens is 725 g/mol. The summed E-state index contributed by atoms with van der Waals surface area (Å²) in [4.78, 5) is 4.91. The van der Waals surface area contributed by atoms with Gasteiger partial charge in [0.1, 0.15) is 0 Å². The molecule has 0 N–H and O–H groups in total. The van der Waals surface area contributed by atoms with Crippen molar-refractivity contribution in [2.24, 2.45) is 0 Å². The fourth-order valence-electron chi connectivity index (χ4n) is 9.46. The quantitative estimate of drug-likeness (QED) is 0.127. The predicted octanol–water partition coefficient (Wildman–Crippen LogP) is 16.7. The first kappa shape index (κ1) is 41.8. The van der Waals surface area contributed by atoms with Crippen molar-refractivity contribution in [2.75, 3.05) is 9.80 Å². The molecule has 0 bridgehead atoms. The Morgan fingerprint density at radius 3 is 0.750 bits per heavy atom. The summed E-state index contributed by atoms with van der Waals surface area (Å²) in [5.41, 5.74) is 27.3. The second kappa shape index (κ2) is 17.5. The van der Waals surface area contributed by atoms with Gasteiger partial charge in [-0.1, -0.05) is 138 Å². The minimum atomic E-state index is 1.16. The molecule has 2 nitrogen and oxygen atoms in total. The van der Waals surface area contributed by atoms with Crippen LogP contribution in [0.4, 0.5) is 34.1 Å². The van der Waals surface area contributed by atoms with Gasteiger partial charge in [-0.15, -0.1) is 0 Å². The van der Waals surface area contributed by atoms with Crippen molar-refractivity contribution in [3.63, 3.8) is 0 Å². The summed E-state index contributed by atoms with van der Waals surface area (Å²) in [6, 6.07) is 45.0. The normalized spacial score (nSPS) is 11.5. The van der Waals surface area contributed by atoms with Gasteiger partial charge in [0, 0.05) is 11.4 Å². The summed E-state index contributed by atoms with van der Waals surface area (Å²) in [7, 11) is 0. The third kappa shape index (κ3) is 8.94. The molecule has 0 heterocycles. The SMILES string of the molecule is Cc1cc(C)c(N(c2ccc(C=Cc3cccc(C=Cc4ccc(N(c5c(C)cc(C)cc5C)c5c(C)cc(C)cc5C)cc4)c3)cc2)c2c(C)cc(C)cc2C)c(C)c1. The maximum Gasteiger partial charge on any atom is 0.0520 e. The lowest BCUT2D eigenvalue weighted by molar-refractivity contribution is 1.16. The fraction of sp³-hybridized carbons (Fsp3) is 0.207. The van der Waals surface area contributed by atoms with Gasteiger partial charge in [0.05, 0.1) is 22.7 Å². The molecule has 0 fully saturated rings. The summed E-state index contributed by atoms with van der Waals surface area (Å²) < 4.78 is 0. The maximum atomic E-state index is 2.46. The van der Waals surface area contributed by atoms with E-state index < -0.39 is 0 Å². The van der Waals surface area contributed by atoms with Gasteiger partial charge < -0.3 is 9.80 Å². The van der Waals surface area contributed by atoms with Crippen LogP contribution in [-0.2, 0) is 0 Å². The van der Waals surface area contributed by atoms with Crippen LogP contribution in [0.25, 0.3) is 24.3 Å². The van der Waals surface area contributed by atoms with Crippen LogP contribution in [0.2, 0.25) is 0 Å². The topological polar surface area (TPSA) is 6.48 Å². The molecule has 7 rings (SSSR count). The number of hydrogen-bond acceptors (Lipinski definition) is 2. The van der Waals surface area contributed by atoms with Crippen LogP contribution < -0.4 is 9.80 Å². The molecule has 7 aromatic carbocycles. The van der Waals surface area contributed by atoms with Crippen molar-refractivity contribution in [3.8, 4) is 0 Å². The third-order valence-electron chi connectivity index (χ3n) is 11.6. The summed E-state index contributed by atoms with van der Waals surface area (Å²) in [5, 5.41) is 0. The number of nitrogens with zero attached hydrogens (tertiary/aromatic N) is 2. The highest BCUT2D eigenvalue weighted by atomic mass is 15.2. The van der Waals surface area contributed by atoms with Crippen LogP contribution >= 0.6 is 0 Å². The Bertz CT molecular complexity index is 2360. The van der Waals surface area contributed by atoms with Gasteiger partial charge >= 0.3 is 0 Å². The average molecular weight is 785 g/mol. The first-order chi connectivity index (χ1) is 28.7. The highest BCUT2D eigenvalue weighted by molar-refractivity contribution is 5.86. The molecule has 0 aliphatic rings. The molecule has 0 saturated carbocycles. The number of rotatable bonds is 10. The van der Waals surface area contributed by atoms with Crippen molar-refractivity contribution >= 4 is 58.4 Å². The van der Waals surface area contributed by atoms with Gasteiger partial charge in [-0.2, -0.15) is 0 Å². The second-order valence-corrected chi connectivity index (χ2v) is 17.2. The van der Waals surface area contributed by atoms with Crippen LogP contribution in [0.15, 0.2) is 121 Å². The molecule has 0 radical (unpaired) electrons.